The summed E-state index contributed by atoms with van der Waals surface area (Å²) in [4.78, 5) is 9.96. The molecular formula is C4H8INO2. The Morgan fingerprint density at radius 3 is 2.50 bits per heavy atom. The van der Waals surface area contributed by atoms with Crippen LogP contribution in [0.3, 0.4) is 0 Å². The maximum absolute atomic E-state index is 9.96. The number of aliphatic carboxylic acids is 1. The molecular weight excluding hydrogens is 221 g/mol. The summed E-state index contributed by atoms with van der Waals surface area (Å²) >= 11 is 2.09. The third-order valence-corrected chi connectivity index (χ3v) is 1.36. The average molecular weight is 229 g/mol. The number of nitrogens with two attached hydrogens (primary N) is 1. The number of carboxylic acids is 1. The molecule has 0 bridgehead atoms. The van der Waals surface area contributed by atoms with Gasteiger partial charge >= 0.3 is 5.97 Å². The van der Waals surface area contributed by atoms with Crippen molar-refractivity contribution in [2.75, 3.05) is 4.43 Å². The summed E-state index contributed by atoms with van der Waals surface area (Å²) in [6, 6.07) is -0.674. The van der Waals surface area contributed by atoms with Crippen LogP contribution in [-0.2, 0) is 4.79 Å². The molecule has 3 N–H and O–H groups in total. The summed E-state index contributed by atoms with van der Waals surface area (Å²) < 4.78 is 0.797. The zero-order chi connectivity index (χ0) is 6.57. The molecule has 0 aliphatic rings. The van der Waals surface area contributed by atoms with E-state index in [0.29, 0.717) is 6.42 Å². The molecule has 0 saturated carbocycles. The molecule has 0 heterocycles. The fourth-order valence-corrected chi connectivity index (χ4v) is 0.912. The molecule has 0 aromatic rings. The molecule has 3 nitrogen and oxygen atoms in total. The fraction of sp³-hybridized carbons (Fsp3) is 0.750. The van der Waals surface area contributed by atoms with Crippen LogP contribution < -0.4 is 5.73 Å². The molecule has 1 atom stereocenters. The quantitative estimate of drug-likeness (QED) is 0.537. The Kier molecular flexibility index (Phi) is 4.16. The van der Waals surface area contributed by atoms with Crippen LogP contribution in [0, 0.1) is 0 Å². The van der Waals surface area contributed by atoms with Gasteiger partial charge in [0.1, 0.15) is 6.04 Å². The minimum absolute atomic E-state index is 0.551. The number of halogens is 1. The molecule has 48 valence electrons. The van der Waals surface area contributed by atoms with Crippen molar-refractivity contribution in [2.45, 2.75) is 12.5 Å². The van der Waals surface area contributed by atoms with Crippen molar-refractivity contribution in [1.29, 1.82) is 0 Å². The van der Waals surface area contributed by atoms with Crippen LogP contribution in [0.25, 0.3) is 0 Å². The first-order valence-corrected chi connectivity index (χ1v) is 3.75. The lowest BCUT2D eigenvalue weighted by Crippen LogP contribution is -2.30. The monoisotopic (exact) mass is 229 g/mol. The molecule has 0 unspecified atom stereocenters. The van der Waals surface area contributed by atoms with Crippen molar-refractivity contribution < 1.29 is 9.90 Å². The maximum atomic E-state index is 9.96. The first kappa shape index (κ1) is 8.16. The molecule has 4 heteroatoms. The lowest BCUT2D eigenvalue weighted by atomic mass is 10.2. The Morgan fingerprint density at radius 1 is 1.88 bits per heavy atom. The maximum Gasteiger partial charge on any atom is 0.320 e. The van der Waals surface area contributed by atoms with Gasteiger partial charge in [-0.3, -0.25) is 4.79 Å². The van der Waals surface area contributed by atoms with Gasteiger partial charge in [-0.05, 0) is 6.42 Å². The highest BCUT2D eigenvalue weighted by Crippen LogP contribution is 1.92. The van der Waals surface area contributed by atoms with Gasteiger partial charge in [0, 0.05) is 4.43 Å². The normalized spacial score (nSPS) is 13.2. The molecule has 0 saturated heterocycles. The van der Waals surface area contributed by atoms with Gasteiger partial charge < -0.3 is 10.8 Å². The molecule has 0 aliphatic carbocycles. The summed E-state index contributed by atoms with van der Waals surface area (Å²) in [5.74, 6) is -0.915. The Balaban J connectivity index is 3.32. The molecule has 0 aromatic heterocycles. The summed E-state index contributed by atoms with van der Waals surface area (Å²) in [7, 11) is 0. The highest BCUT2D eigenvalue weighted by molar-refractivity contribution is 14.1. The fourth-order valence-electron chi connectivity index (χ4n) is 0.241. The summed E-state index contributed by atoms with van der Waals surface area (Å²) in [6.45, 7) is 0. The average Bonchev–Trinajstić information content (AvgIpc) is 1.67. The molecule has 8 heavy (non-hydrogen) atoms. The van der Waals surface area contributed by atoms with Gasteiger partial charge in [0.25, 0.3) is 0 Å². The van der Waals surface area contributed by atoms with E-state index in [2.05, 4.69) is 22.6 Å². The number of rotatable bonds is 3. The molecule has 0 radical (unpaired) electrons. The van der Waals surface area contributed by atoms with Gasteiger partial charge in [-0.25, -0.2) is 0 Å². The van der Waals surface area contributed by atoms with E-state index in [0.717, 1.165) is 4.43 Å². The van der Waals surface area contributed by atoms with Gasteiger partial charge in [-0.2, -0.15) is 0 Å². The van der Waals surface area contributed by atoms with Crippen LogP contribution in [0.1, 0.15) is 6.42 Å². The Bertz CT molecular complexity index is 86.1. The Labute approximate surface area is 61.4 Å². The molecule has 0 aromatic carbocycles. The molecule has 0 aliphatic heterocycles. The summed E-state index contributed by atoms with van der Waals surface area (Å²) in [6.07, 6.45) is 0.551. The van der Waals surface area contributed by atoms with E-state index < -0.39 is 12.0 Å². The minimum Gasteiger partial charge on any atom is -0.480 e. The largest absolute Gasteiger partial charge is 0.480 e. The molecule has 0 spiro atoms. The molecule has 0 rings (SSSR count). The smallest absolute Gasteiger partial charge is 0.320 e. The second-order valence-electron chi connectivity index (χ2n) is 1.42. The second kappa shape index (κ2) is 4.08. The van der Waals surface area contributed by atoms with Crippen molar-refractivity contribution in [3.63, 3.8) is 0 Å². The van der Waals surface area contributed by atoms with Crippen LogP contribution in [0.4, 0.5) is 0 Å². The number of carboxylic acid groups (broad SMARTS) is 1. The lowest BCUT2D eigenvalue weighted by Gasteiger charge is -1.99. The first-order chi connectivity index (χ1) is 3.68. The van der Waals surface area contributed by atoms with Crippen molar-refractivity contribution in [3.05, 3.63) is 0 Å². The molecule has 0 amide bonds. The van der Waals surface area contributed by atoms with Crippen molar-refractivity contribution in [2.24, 2.45) is 5.73 Å². The SMILES string of the molecule is N[C@H](CCI)C(=O)O. The van der Waals surface area contributed by atoms with E-state index in [1.807, 2.05) is 0 Å². The van der Waals surface area contributed by atoms with Gasteiger partial charge in [0.05, 0.1) is 0 Å². The predicted octanol–water partition coefficient (Wildman–Crippen LogP) is 0.223. The van der Waals surface area contributed by atoms with Crippen LogP contribution in [0.5, 0.6) is 0 Å². The Hall–Kier alpha value is 0.160. The van der Waals surface area contributed by atoms with Crippen molar-refractivity contribution >= 4 is 28.6 Å². The number of alkyl halides is 1. The van der Waals surface area contributed by atoms with Gasteiger partial charge in [0.15, 0.2) is 0 Å². The van der Waals surface area contributed by atoms with Gasteiger partial charge in [-0.15, -0.1) is 0 Å². The van der Waals surface area contributed by atoms with E-state index >= 15 is 0 Å². The minimum atomic E-state index is -0.915. The number of carbonyl (C=O) groups is 1. The van der Waals surface area contributed by atoms with Crippen molar-refractivity contribution in [1.82, 2.24) is 0 Å². The highest BCUT2D eigenvalue weighted by Gasteiger charge is 2.08. The molecule has 0 fully saturated rings. The topological polar surface area (TPSA) is 63.3 Å². The third kappa shape index (κ3) is 3.20. The zero-order valence-corrected chi connectivity index (χ0v) is 6.46. The lowest BCUT2D eigenvalue weighted by molar-refractivity contribution is -0.138. The zero-order valence-electron chi connectivity index (χ0n) is 4.30. The van der Waals surface area contributed by atoms with Crippen LogP contribution >= 0.6 is 22.6 Å². The van der Waals surface area contributed by atoms with Crippen molar-refractivity contribution in [3.8, 4) is 0 Å². The van der Waals surface area contributed by atoms with E-state index in [9.17, 15) is 4.79 Å². The highest BCUT2D eigenvalue weighted by atomic mass is 127. The number of hydrogen-bond donors (Lipinski definition) is 2. The van der Waals surface area contributed by atoms with E-state index in [1.165, 1.54) is 0 Å². The van der Waals surface area contributed by atoms with E-state index in [-0.39, 0.29) is 0 Å². The summed E-state index contributed by atoms with van der Waals surface area (Å²) in [5.41, 5.74) is 5.12. The second-order valence-corrected chi connectivity index (χ2v) is 2.50. The first-order valence-electron chi connectivity index (χ1n) is 2.23. The van der Waals surface area contributed by atoms with Crippen LogP contribution in [0.2, 0.25) is 0 Å². The van der Waals surface area contributed by atoms with Crippen LogP contribution in [-0.4, -0.2) is 21.5 Å². The van der Waals surface area contributed by atoms with Gasteiger partial charge in [0.2, 0.25) is 0 Å². The predicted molar refractivity (Wildman–Crippen MR) is 39.1 cm³/mol. The van der Waals surface area contributed by atoms with E-state index in [1.54, 1.807) is 0 Å². The summed E-state index contributed by atoms with van der Waals surface area (Å²) in [5, 5.41) is 8.18. The Morgan fingerprint density at radius 2 is 2.38 bits per heavy atom. The standard InChI is InChI=1S/C4H8INO2/c5-2-1-3(6)4(7)8/h3H,1-2,6H2,(H,7,8)/t3-/m1/s1. The van der Waals surface area contributed by atoms with E-state index in [4.69, 9.17) is 10.8 Å². The van der Waals surface area contributed by atoms with Crippen LogP contribution in [0.15, 0.2) is 0 Å². The third-order valence-electron chi connectivity index (χ3n) is 0.737. The van der Waals surface area contributed by atoms with Gasteiger partial charge in [-0.1, -0.05) is 22.6 Å². The number of hydrogen-bond acceptors (Lipinski definition) is 2.